The molecule has 0 N–H and O–H groups in total. The highest BCUT2D eigenvalue weighted by Gasteiger charge is 2.17. The first kappa shape index (κ1) is 18.1. The molecule has 2 aromatic rings. The number of carbonyl (C=O) groups is 1. The summed E-state index contributed by atoms with van der Waals surface area (Å²) >= 11 is 4.93. The zero-order valence-electron chi connectivity index (χ0n) is 13.0. The number of nitrogens with zero attached hydrogens (tertiary/aromatic N) is 3. The van der Waals surface area contributed by atoms with Crippen LogP contribution < -0.4 is 0 Å². The molecule has 0 saturated heterocycles. The predicted molar refractivity (Wildman–Crippen MR) is 89.1 cm³/mol. The minimum Gasteiger partial charge on any atom is -0.465 e. The Bertz CT molecular complexity index is 631. The van der Waals surface area contributed by atoms with E-state index in [2.05, 4.69) is 26.1 Å². The van der Waals surface area contributed by atoms with Crippen LogP contribution in [-0.2, 0) is 20.8 Å². The second-order valence-electron chi connectivity index (χ2n) is 4.62. The summed E-state index contributed by atoms with van der Waals surface area (Å²) in [7, 11) is 1.61. The second-order valence-corrected chi connectivity index (χ2v) is 7.09. The van der Waals surface area contributed by atoms with Crippen LogP contribution in [0.3, 0.4) is 0 Å². The van der Waals surface area contributed by atoms with Crippen LogP contribution in [0.15, 0.2) is 20.4 Å². The number of rotatable bonds is 9. The van der Waals surface area contributed by atoms with Gasteiger partial charge in [-0.2, -0.15) is 4.98 Å². The lowest BCUT2D eigenvalue weighted by atomic mass is 10.4. The molecule has 0 radical (unpaired) electrons. The van der Waals surface area contributed by atoms with Gasteiger partial charge in [0.15, 0.2) is 0 Å². The van der Waals surface area contributed by atoms with E-state index >= 15 is 0 Å². The van der Waals surface area contributed by atoms with Gasteiger partial charge < -0.3 is 14.0 Å². The summed E-state index contributed by atoms with van der Waals surface area (Å²) in [6.07, 6.45) is 0. The highest BCUT2D eigenvalue weighted by atomic mass is 79.9. The Balaban J connectivity index is 2.00. The molecule has 23 heavy (non-hydrogen) atoms. The molecule has 0 aromatic carbocycles. The lowest BCUT2D eigenvalue weighted by Crippen LogP contribution is -2.33. The predicted octanol–water partition coefficient (Wildman–Crippen LogP) is 2.57. The normalized spacial score (nSPS) is 11.1. The van der Waals surface area contributed by atoms with Crippen molar-refractivity contribution in [2.24, 2.45) is 0 Å². The smallest absolute Gasteiger partial charge is 0.320 e. The number of thiophene rings is 1. The Morgan fingerprint density at radius 2 is 2.30 bits per heavy atom. The molecule has 0 amide bonds. The van der Waals surface area contributed by atoms with Crippen molar-refractivity contribution in [2.75, 3.05) is 33.4 Å². The zero-order chi connectivity index (χ0) is 16.7. The van der Waals surface area contributed by atoms with Crippen LogP contribution in [0.2, 0.25) is 0 Å². The van der Waals surface area contributed by atoms with Crippen molar-refractivity contribution >= 4 is 33.2 Å². The number of esters is 1. The van der Waals surface area contributed by atoms with E-state index in [4.69, 9.17) is 14.0 Å². The fraction of sp³-hybridized carbons (Fsp3) is 0.500. The largest absolute Gasteiger partial charge is 0.465 e. The summed E-state index contributed by atoms with van der Waals surface area (Å²) in [6, 6.07) is 3.85. The highest BCUT2D eigenvalue weighted by Crippen LogP contribution is 2.29. The minimum atomic E-state index is -0.287. The van der Waals surface area contributed by atoms with Gasteiger partial charge in [-0.15, -0.1) is 11.3 Å². The van der Waals surface area contributed by atoms with Gasteiger partial charge in [0.2, 0.25) is 11.7 Å². The molecule has 0 atom stereocenters. The van der Waals surface area contributed by atoms with Crippen molar-refractivity contribution < 1.29 is 18.8 Å². The second kappa shape index (κ2) is 9.11. The maximum Gasteiger partial charge on any atom is 0.320 e. The van der Waals surface area contributed by atoms with E-state index < -0.39 is 0 Å². The first-order chi connectivity index (χ1) is 11.1. The molecule has 0 saturated carbocycles. The van der Waals surface area contributed by atoms with Crippen molar-refractivity contribution in [3.8, 4) is 10.7 Å². The third-order valence-electron chi connectivity index (χ3n) is 2.89. The molecule has 9 heteroatoms. The van der Waals surface area contributed by atoms with Gasteiger partial charge in [-0.1, -0.05) is 5.16 Å². The summed E-state index contributed by atoms with van der Waals surface area (Å²) in [5.41, 5.74) is 0. The first-order valence-electron chi connectivity index (χ1n) is 7.07. The molecule has 2 rings (SSSR count). The SMILES string of the molecule is CCOC(=O)CN(CCOC)Cc1nc(-c2ccc(Br)s2)no1. The summed E-state index contributed by atoms with van der Waals surface area (Å²) in [4.78, 5) is 18.8. The van der Waals surface area contributed by atoms with Gasteiger partial charge in [0, 0.05) is 13.7 Å². The average molecular weight is 404 g/mol. The Morgan fingerprint density at radius 3 is 2.96 bits per heavy atom. The van der Waals surface area contributed by atoms with Crippen LogP contribution >= 0.6 is 27.3 Å². The molecule has 0 aliphatic heterocycles. The van der Waals surface area contributed by atoms with Gasteiger partial charge in [-0.3, -0.25) is 9.69 Å². The van der Waals surface area contributed by atoms with Gasteiger partial charge in [-0.05, 0) is 35.0 Å². The number of hydrogen-bond donors (Lipinski definition) is 0. The standard InChI is InChI=1S/C14H18BrN3O4S/c1-3-21-13(19)9-18(6-7-20-2)8-12-16-14(17-22-12)10-4-5-11(15)23-10/h4-5H,3,6-9H2,1-2H3. The molecule has 0 unspecified atom stereocenters. The van der Waals surface area contributed by atoms with E-state index in [9.17, 15) is 4.79 Å². The van der Waals surface area contributed by atoms with Crippen LogP contribution in [0.1, 0.15) is 12.8 Å². The molecule has 2 aromatic heterocycles. The van der Waals surface area contributed by atoms with Crippen molar-refractivity contribution in [1.29, 1.82) is 0 Å². The van der Waals surface area contributed by atoms with E-state index in [0.29, 0.717) is 38.0 Å². The maximum absolute atomic E-state index is 11.7. The summed E-state index contributed by atoms with van der Waals surface area (Å²) in [5, 5.41) is 3.98. The highest BCUT2D eigenvalue weighted by molar-refractivity contribution is 9.11. The third kappa shape index (κ3) is 5.69. The van der Waals surface area contributed by atoms with Crippen molar-refractivity contribution in [1.82, 2.24) is 15.0 Å². The summed E-state index contributed by atoms with van der Waals surface area (Å²) in [6.45, 7) is 3.72. The van der Waals surface area contributed by atoms with Gasteiger partial charge in [-0.25, -0.2) is 0 Å². The topological polar surface area (TPSA) is 77.7 Å². The maximum atomic E-state index is 11.7. The Morgan fingerprint density at radius 1 is 1.48 bits per heavy atom. The molecule has 0 bridgehead atoms. The van der Waals surface area contributed by atoms with Crippen LogP contribution in [0.25, 0.3) is 10.7 Å². The van der Waals surface area contributed by atoms with E-state index in [1.54, 1.807) is 14.0 Å². The quantitative estimate of drug-likeness (QED) is 0.595. The summed E-state index contributed by atoms with van der Waals surface area (Å²) in [5.74, 6) is 0.703. The fourth-order valence-corrected chi connectivity index (χ4v) is 3.18. The van der Waals surface area contributed by atoms with E-state index in [0.717, 1.165) is 8.66 Å². The van der Waals surface area contributed by atoms with E-state index in [1.807, 2.05) is 17.0 Å². The molecule has 126 valence electrons. The molecule has 0 aliphatic rings. The average Bonchev–Trinajstić information content (AvgIpc) is 3.14. The Hall–Kier alpha value is -1.29. The molecule has 7 nitrogen and oxygen atoms in total. The molecular formula is C14H18BrN3O4S. The van der Waals surface area contributed by atoms with Gasteiger partial charge >= 0.3 is 5.97 Å². The van der Waals surface area contributed by atoms with Crippen molar-refractivity contribution in [2.45, 2.75) is 13.5 Å². The number of hydrogen-bond acceptors (Lipinski definition) is 8. The number of aromatic nitrogens is 2. The fourth-order valence-electron chi connectivity index (χ4n) is 1.87. The first-order valence-corrected chi connectivity index (χ1v) is 8.68. The lowest BCUT2D eigenvalue weighted by Gasteiger charge is -2.18. The van der Waals surface area contributed by atoms with Gasteiger partial charge in [0.1, 0.15) is 0 Å². The lowest BCUT2D eigenvalue weighted by molar-refractivity contribution is -0.144. The Kier molecular flexibility index (Phi) is 7.15. The third-order valence-corrected chi connectivity index (χ3v) is 4.51. The number of carbonyl (C=O) groups excluding carboxylic acids is 1. The van der Waals surface area contributed by atoms with E-state index in [-0.39, 0.29) is 12.5 Å². The number of ether oxygens (including phenoxy) is 2. The van der Waals surface area contributed by atoms with Crippen molar-refractivity contribution in [3.63, 3.8) is 0 Å². The zero-order valence-corrected chi connectivity index (χ0v) is 15.4. The molecule has 0 aliphatic carbocycles. The Labute approximate surface area is 146 Å². The van der Waals surface area contributed by atoms with Crippen LogP contribution in [0, 0.1) is 0 Å². The molecule has 0 fully saturated rings. The number of methoxy groups -OCH3 is 1. The van der Waals surface area contributed by atoms with Gasteiger partial charge in [0.25, 0.3) is 0 Å². The number of halogens is 1. The summed E-state index contributed by atoms with van der Waals surface area (Å²) < 4.78 is 16.3. The van der Waals surface area contributed by atoms with E-state index in [1.165, 1.54) is 11.3 Å². The minimum absolute atomic E-state index is 0.152. The van der Waals surface area contributed by atoms with Gasteiger partial charge in [0.05, 0.1) is 35.0 Å². The molecule has 2 heterocycles. The van der Waals surface area contributed by atoms with Crippen LogP contribution in [0.5, 0.6) is 0 Å². The van der Waals surface area contributed by atoms with Crippen molar-refractivity contribution in [3.05, 3.63) is 21.8 Å². The van der Waals surface area contributed by atoms with Crippen LogP contribution in [-0.4, -0.2) is 54.4 Å². The molecular weight excluding hydrogens is 386 g/mol. The molecule has 0 spiro atoms. The van der Waals surface area contributed by atoms with Crippen LogP contribution in [0.4, 0.5) is 0 Å². The monoisotopic (exact) mass is 403 g/mol.